The van der Waals surface area contributed by atoms with Crippen molar-refractivity contribution in [3.05, 3.63) is 122 Å². The SMILES string of the molecule is O=C(c1cccc([N+](=O)[O-])c1)[C@@H]1[C@H](c2ccccc2)[C@@H]([N+](=O)[O-])[C@@H]2C=Cc3ccccc3N12. The monoisotopic (exact) mass is 441 g/mol. The van der Waals surface area contributed by atoms with Gasteiger partial charge in [0.2, 0.25) is 6.04 Å². The largest absolute Gasteiger partial charge is 0.346 e. The maximum absolute atomic E-state index is 13.9. The summed E-state index contributed by atoms with van der Waals surface area (Å²) < 4.78 is 0. The lowest BCUT2D eigenvalue weighted by atomic mass is 9.83. The van der Waals surface area contributed by atoms with Gasteiger partial charge in [-0.05, 0) is 17.2 Å². The van der Waals surface area contributed by atoms with Crippen LogP contribution in [0.15, 0.2) is 84.9 Å². The first kappa shape index (κ1) is 20.6. The van der Waals surface area contributed by atoms with E-state index in [1.165, 1.54) is 24.3 Å². The first-order valence-electron chi connectivity index (χ1n) is 10.5. The second-order valence-electron chi connectivity index (χ2n) is 8.14. The molecule has 0 unspecified atom stereocenters. The Balaban J connectivity index is 1.71. The third-order valence-corrected chi connectivity index (χ3v) is 6.40. The van der Waals surface area contributed by atoms with Crippen LogP contribution in [0.1, 0.15) is 27.4 Å². The van der Waals surface area contributed by atoms with Crippen molar-refractivity contribution >= 4 is 23.2 Å². The maximum Gasteiger partial charge on any atom is 0.270 e. The number of non-ortho nitro benzene ring substituents is 1. The van der Waals surface area contributed by atoms with E-state index in [1.807, 2.05) is 41.3 Å². The number of carbonyl (C=O) groups excluding carboxylic acids is 1. The van der Waals surface area contributed by atoms with Gasteiger partial charge >= 0.3 is 0 Å². The summed E-state index contributed by atoms with van der Waals surface area (Å²) in [6.07, 6.45) is 3.64. The predicted molar refractivity (Wildman–Crippen MR) is 123 cm³/mol. The highest BCUT2D eigenvalue weighted by Crippen LogP contribution is 2.47. The van der Waals surface area contributed by atoms with Crippen molar-refractivity contribution in [2.75, 3.05) is 4.90 Å². The Morgan fingerprint density at radius 2 is 1.61 bits per heavy atom. The fraction of sp³-hybridized carbons (Fsp3) is 0.160. The van der Waals surface area contributed by atoms with E-state index in [9.17, 15) is 25.0 Å². The minimum absolute atomic E-state index is 0.157. The molecule has 3 aromatic rings. The highest BCUT2D eigenvalue weighted by atomic mass is 16.6. The van der Waals surface area contributed by atoms with Crippen molar-refractivity contribution in [3.8, 4) is 0 Å². The Morgan fingerprint density at radius 1 is 0.879 bits per heavy atom. The number of para-hydroxylation sites is 1. The van der Waals surface area contributed by atoms with Gasteiger partial charge in [-0.1, -0.05) is 72.8 Å². The molecule has 0 amide bonds. The fourth-order valence-corrected chi connectivity index (χ4v) is 5.05. The Hall–Kier alpha value is -4.33. The zero-order chi connectivity index (χ0) is 23.1. The quantitative estimate of drug-likeness (QED) is 0.328. The summed E-state index contributed by atoms with van der Waals surface area (Å²) in [7, 11) is 0. The number of ketones is 1. The molecule has 0 spiro atoms. The van der Waals surface area contributed by atoms with Gasteiger partial charge in [0.15, 0.2) is 5.78 Å². The third kappa shape index (κ3) is 3.36. The zero-order valence-electron chi connectivity index (χ0n) is 17.4. The molecule has 2 heterocycles. The Bertz CT molecular complexity index is 1290. The number of Topliss-reactive ketones (excluding diaryl/α,β-unsaturated/α-hetero) is 1. The number of nitro benzene ring substituents is 1. The van der Waals surface area contributed by atoms with Crippen LogP contribution in [0.4, 0.5) is 11.4 Å². The van der Waals surface area contributed by atoms with Crippen LogP contribution in [-0.4, -0.2) is 33.8 Å². The summed E-state index contributed by atoms with van der Waals surface area (Å²) in [6, 6.07) is 19.4. The molecule has 5 rings (SSSR count). The van der Waals surface area contributed by atoms with Crippen LogP contribution in [0, 0.1) is 20.2 Å². The average Bonchev–Trinajstić information content (AvgIpc) is 3.20. The zero-order valence-corrected chi connectivity index (χ0v) is 17.4. The molecule has 2 aliphatic heterocycles. The smallest absolute Gasteiger partial charge is 0.270 e. The molecule has 1 fully saturated rings. The minimum Gasteiger partial charge on any atom is -0.346 e. The lowest BCUT2D eigenvalue weighted by Crippen LogP contribution is -2.44. The number of hydrogen-bond acceptors (Lipinski definition) is 6. The minimum atomic E-state index is -1.07. The number of hydrogen-bond donors (Lipinski definition) is 0. The summed E-state index contributed by atoms with van der Waals surface area (Å²) >= 11 is 0. The van der Waals surface area contributed by atoms with Crippen LogP contribution in [0.3, 0.4) is 0 Å². The van der Waals surface area contributed by atoms with E-state index in [0.29, 0.717) is 5.56 Å². The van der Waals surface area contributed by atoms with E-state index in [4.69, 9.17) is 0 Å². The maximum atomic E-state index is 13.9. The van der Waals surface area contributed by atoms with E-state index in [2.05, 4.69) is 0 Å². The number of benzene rings is 3. The summed E-state index contributed by atoms with van der Waals surface area (Å²) in [5.74, 6) is -1.12. The Kier molecular flexibility index (Phi) is 4.97. The highest BCUT2D eigenvalue weighted by molar-refractivity contribution is 6.04. The van der Waals surface area contributed by atoms with Crippen LogP contribution >= 0.6 is 0 Å². The van der Waals surface area contributed by atoms with Crippen LogP contribution in [0.25, 0.3) is 6.08 Å². The lowest BCUT2D eigenvalue weighted by Gasteiger charge is -2.34. The summed E-state index contributed by atoms with van der Waals surface area (Å²) in [4.78, 5) is 38.5. The molecule has 8 nitrogen and oxygen atoms in total. The van der Waals surface area contributed by atoms with Gasteiger partial charge < -0.3 is 4.90 Å². The third-order valence-electron chi connectivity index (χ3n) is 6.40. The van der Waals surface area contributed by atoms with Gasteiger partial charge in [0.1, 0.15) is 12.1 Å². The molecule has 0 bridgehead atoms. The molecule has 8 heteroatoms. The van der Waals surface area contributed by atoms with E-state index < -0.39 is 29.0 Å². The average molecular weight is 441 g/mol. The van der Waals surface area contributed by atoms with Gasteiger partial charge in [-0.25, -0.2) is 0 Å². The number of nitro groups is 2. The van der Waals surface area contributed by atoms with Crippen molar-refractivity contribution in [3.63, 3.8) is 0 Å². The van der Waals surface area contributed by atoms with Gasteiger partial charge in [0, 0.05) is 28.3 Å². The molecule has 0 aliphatic carbocycles. The van der Waals surface area contributed by atoms with E-state index in [1.54, 1.807) is 30.3 Å². The van der Waals surface area contributed by atoms with Gasteiger partial charge in [0.25, 0.3) is 5.69 Å². The van der Waals surface area contributed by atoms with Crippen molar-refractivity contribution in [1.82, 2.24) is 0 Å². The van der Waals surface area contributed by atoms with Crippen molar-refractivity contribution in [1.29, 1.82) is 0 Å². The van der Waals surface area contributed by atoms with Crippen molar-refractivity contribution in [2.24, 2.45) is 0 Å². The van der Waals surface area contributed by atoms with Crippen LogP contribution in [-0.2, 0) is 0 Å². The van der Waals surface area contributed by atoms with Crippen molar-refractivity contribution in [2.45, 2.75) is 24.0 Å². The Morgan fingerprint density at radius 3 is 2.33 bits per heavy atom. The van der Waals surface area contributed by atoms with Crippen LogP contribution in [0.5, 0.6) is 0 Å². The number of nitrogens with zero attached hydrogens (tertiary/aromatic N) is 3. The first-order chi connectivity index (χ1) is 16.0. The molecule has 2 aliphatic rings. The number of fused-ring (bicyclic) bond motifs is 3. The topological polar surface area (TPSA) is 107 Å². The van der Waals surface area contributed by atoms with E-state index in [-0.39, 0.29) is 22.0 Å². The molecule has 0 N–H and O–H groups in total. The lowest BCUT2D eigenvalue weighted by molar-refractivity contribution is -0.524. The Labute approximate surface area is 189 Å². The van der Waals surface area contributed by atoms with Gasteiger partial charge in [0.05, 0.1) is 10.8 Å². The molecular weight excluding hydrogens is 422 g/mol. The van der Waals surface area contributed by atoms with Crippen LogP contribution in [0.2, 0.25) is 0 Å². The molecule has 33 heavy (non-hydrogen) atoms. The first-order valence-corrected chi connectivity index (χ1v) is 10.5. The molecule has 164 valence electrons. The summed E-state index contributed by atoms with van der Waals surface area (Å²) in [5, 5.41) is 23.6. The second kappa shape index (κ2) is 7.98. The normalized spacial score (nSPS) is 23.0. The van der Waals surface area contributed by atoms with E-state index >= 15 is 0 Å². The summed E-state index contributed by atoms with van der Waals surface area (Å²) in [5.41, 5.74) is 2.24. The molecular formula is C25H19N3O5. The van der Waals surface area contributed by atoms with Crippen LogP contribution < -0.4 is 4.90 Å². The molecule has 0 radical (unpaired) electrons. The van der Waals surface area contributed by atoms with E-state index in [0.717, 1.165) is 11.3 Å². The molecule has 0 aromatic heterocycles. The molecule has 0 saturated carbocycles. The predicted octanol–water partition coefficient (Wildman–Crippen LogP) is 4.49. The molecule has 4 atom stereocenters. The molecule has 1 saturated heterocycles. The number of anilines is 1. The van der Waals surface area contributed by atoms with Gasteiger partial charge in [-0.3, -0.25) is 25.0 Å². The number of rotatable bonds is 5. The van der Waals surface area contributed by atoms with Crippen molar-refractivity contribution < 1.29 is 14.6 Å². The second-order valence-corrected chi connectivity index (χ2v) is 8.14. The molecule has 3 aromatic carbocycles. The number of carbonyl (C=O) groups is 1. The highest BCUT2D eigenvalue weighted by Gasteiger charge is 2.58. The van der Waals surface area contributed by atoms with Gasteiger partial charge in [-0.2, -0.15) is 0 Å². The summed E-state index contributed by atoms with van der Waals surface area (Å²) in [6.45, 7) is 0. The fourth-order valence-electron chi connectivity index (χ4n) is 5.05. The van der Waals surface area contributed by atoms with Gasteiger partial charge in [-0.15, -0.1) is 0 Å². The standard InChI is InChI=1S/C25H19N3O5/c29-25(18-10-6-11-19(15-18)27(30)31)24-22(17-8-2-1-3-9-17)23(28(32)33)21-14-13-16-7-4-5-12-20(16)26(21)24/h1-15,21-24H/t21-,22+,23-,24-/m0/s1.